The maximum Gasteiger partial charge on any atom is 0.390 e. The first-order chi connectivity index (χ1) is 68.6. The minimum atomic E-state index is -3.43. The summed E-state index contributed by atoms with van der Waals surface area (Å²) in [6.45, 7) is 16.8. The lowest BCUT2D eigenvalue weighted by atomic mass is 10.1. The first-order valence-electron chi connectivity index (χ1n) is 48.8. The smallest absolute Gasteiger partial charge is 0.390 e. The van der Waals surface area contributed by atoms with Crippen LogP contribution < -0.4 is 41.7 Å². The molecule has 51 nitrogen and oxygen atoms in total. The number of ether oxygens (including phenoxy) is 7. The lowest BCUT2D eigenvalue weighted by Gasteiger charge is -2.23. The number of hydrogen-bond donors (Lipinski definition) is 6. The highest BCUT2D eigenvalue weighted by Gasteiger charge is 2.38. The number of β-amino-alcohol motifs (C(OH)–C–C–N with tert-alkyl or cyclic N) is 2. The minimum Gasteiger partial charge on any atom is -0.400 e. The van der Waals surface area contributed by atoms with E-state index in [9.17, 15) is 47.3 Å². The fraction of sp³-hybridized carbons (Fsp3) is 0.685. The van der Waals surface area contributed by atoms with Gasteiger partial charge < -0.3 is 110 Å². The molecule has 7 aromatic rings. The number of aromatic nitrogens is 14. The van der Waals surface area contributed by atoms with Crippen LogP contribution >= 0.6 is 0 Å². The number of nitrogens with zero attached hydrogens (tertiary/aromatic N) is 28. The average molecular weight is 2030 g/mol. The highest BCUT2D eigenvalue weighted by molar-refractivity contribution is 7.86. The van der Waals surface area contributed by atoms with Crippen molar-refractivity contribution in [3.8, 4) is 0 Å². The molecule has 0 saturated carbocycles. The Bertz CT molecular complexity index is 5250. The van der Waals surface area contributed by atoms with Gasteiger partial charge in [-0.2, -0.15) is 52.1 Å². The quantitative estimate of drug-likeness (QED) is 0.00741. The Morgan fingerprint density at radius 1 is 0.458 bits per heavy atom. The number of amidine groups is 1. The molecule has 7 aromatic heterocycles. The van der Waals surface area contributed by atoms with Crippen molar-refractivity contribution >= 4 is 66.8 Å². The lowest BCUT2D eigenvalue weighted by molar-refractivity contribution is -0.390. The highest BCUT2D eigenvalue weighted by atomic mass is 32.2. The summed E-state index contributed by atoms with van der Waals surface area (Å²) in [5.41, 5.74) is 34.6. The van der Waals surface area contributed by atoms with E-state index in [2.05, 4.69) is 97.8 Å². The number of aliphatic hydroxyl groups excluding tert-OH is 3. The van der Waals surface area contributed by atoms with Gasteiger partial charge in [0.25, 0.3) is 20.2 Å². The third-order valence-corrected chi connectivity index (χ3v) is 25.9. The summed E-state index contributed by atoms with van der Waals surface area (Å²) < 4.78 is 105. The monoisotopic (exact) mass is 2030 g/mol. The van der Waals surface area contributed by atoms with Crippen LogP contribution in [-0.2, 0) is 61.8 Å². The van der Waals surface area contributed by atoms with Crippen LogP contribution in [0.5, 0.6) is 0 Å². The van der Waals surface area contributed by atoms with Crippen LogP contribution in [0, 0.1) is 26.1 Å². The number of anilines is 6. The van der Waals surface area contributed by atoms with Gasteiger partial charge in [0, 0.05) is 226 Å². The number of nitrogens with two attached hydrogens (primary N) is 3. The Kier molecular flexibility index (Phi) is 45.0. The number of hydrogen-bond acceptors (Lipinski definition) is 38. The molecule has 0 bridgehead atoms. The zero-order chi connectivity index (χ0) is 101. The molecular weight excluding hydrogens is 1890 g/mol. The van der Waals surface area contributed by atoms with Crippen molar-refractivity contribution in [3.05, 3.63) is 163 Å². The Balaban J connectivity index is 0.000000154. The maximum absolute atomic E-state index is 11.3. The maximum atomic E-state index is 11.3. The fourth-order valence-electron chi connectivity index (χ4n) is 17.2. The summed E-state index contributed by atoms with van der Waals surface area (Å²) in [6.07, 6.45) is 48.8. The Labute approximate surface area is 826 Å². The van der Waals surface area contributed by atoms with Gasteiger partial charge in [0.05, 0.1) is 66.9 Å². The zero-order valence-corrected chi connectivity index (χ0v) is 83.2. The van der Waals surface area contributed by atoms with E-state index < -0.39 is 42.3 Å². The third kappa shape index (κ3) is 35.5. The van der Waals surface area contributed by atoms with Crippen LogP contribution in [0.15, 0.2) is 138 Å². The molecular formula is C89H141N31O20S2. The van der Waals surface area contributed by atoms with E-state index in [4.69, 9.17) is 70.7 Å². The van der Waals surface area contributed by atoms with Crippen molar-refractivity contribution in [2.24, 2.45) is 32.6 Å². The largest absolute Gasteiger partial charge is 0.400 e. The van der Waals surface area contributed by atoms with Crippen molar-refractivity contribution in [3.63, 3.8) is 0 Å². The second-order valence-corrected chi connectivity index (χ2v) is 38.9. The van der Waals surface area contributed by atoms with Gasteiger partial charge in [-0.05, 0) is 168 Å². The minimum absolute atomic E-state index is 0.00837. The molecule has 0 radical (unpaired) electrons. The van der Waals surface area contributed by atoms with E-state index in [0.29, 0.717) is 51.7 Å². The van der Waals surface area contributed by atoms with Gasteiger partial charge in [0.15, 0.2) is 35.3 Å². The van der Waals surface area contributed by atoms with Gasteiger partial charge in [0.2, 0.25) is 0 Å². The number of allylic oxidation sites excluding steroid dienone is 1. The Morgan fingerprint density at radius 2 is 0.796 bits per heavy atom. The van der Waals surface area contributed by atoms with Gasteiger partial charge >= 0.3 is 11.7 Å². The molecule has 0 amide bonds. The summed E-state index contributed by atoms with van der Waals surface area (Å²) in [7, 11) is -5.69. The molecule has 11 fully saturated rings. The molecule has 0 aromatic carbocycles. The molecule has 0 aliphatic carbocycles. The van der Waals surface area contributed by atoms with Crippen molar-refractivity contribution in [1.29, 1.82) is 0 Å². The predicted molar refractivity (Wildman–Crippen MR) is 528 cm³/mol. The van der Waals surface area contributed by atoms with E-state index in [1.54, 1.807) is 29.1 Å². The molecule has 53 heteroatoms. The summed E-state index contributed by atoms with van der Waals surface area (Å²) in [5, 5.41) is 84.4. The van der Waals surface area contributed by atoms with Crippen molar-refractivity contribution in [2.75, 3.05) is 175 Å². The number of aliphatic hydroxyl groups is 3. The van der Waals surface area contributed by atoms with E-state index >= 15 is 0 Å². The van der Waals surface area contributed by atoms with Crippen LogP contribution in [0.1, 0.15) is 199 Å². The standard InChI is InChI=1S/C14H23N3O4S.C12H17N9O.C12H21N5O.C12H19N3O3.C12H17N3O.C8H11N3O3.C8H13N3O.C6H12O3S.C4H4N2O2.CH4O/c1-11-9-16(10-12(11)21-22(2,18)19)13-6-7-17(15-13)14-5-3-4-8-20-14;13-18-15-9-7-20(8-10(9)16-19-14)11-4-5-21(17-11)12-3-1-2-6-22-12;13-9-7-16(8-10(9)14)11-4-5-17(15-11)12-3-1-2-6-18-12;16-9-7-14(8-10(9)17)11-4-5-15(13-11)12-3-1-2-6-18-12;1-4-10-16-12(5-1)15-9-6-11(13-15)14-7-2-3-8-14;12-11(13)7-4-5-10(9-7)8-3-1-2-6-14-8;9-7-4-5-11(10-7)8-3-1-2-6-12-8;1-3-4-5-6-9-10(2,7)8;7-6(8)4-2-1-3-5-4;1-2/h6-7,11-12,14H,3-5,8-10H2,1-2H3;4-5,9-10,12H,1-3,6-8H2;4-5,9-10,12H,1-3,6-8,13-14H2;4-5,9-10,12,16-17H,1-3,6-8H2;2-3,6,9,12H,1,4-5,7-8,10H2;4-5,8H,1-3,6H2;4-5,8H,1-3,6H2,(H2,9,10);4-5H,3,6H2,1-2H3;1-2H,3H2;2H,1H3/b;;;;;;;5-4-;;. The molecule has 13 aliphatic heterocycles. The highest BCUT2D eigenvalue weighted by Crippen LogP contribution is 2.34. The average Bonchev–Trinajstić information content (AvgIpc) is 1.63. The van der Waals surface area contributed by atoms with Crippen LogP contribution in [0.25, 0.3) is 20.9 Å². The molecule has 13 aliphatic rings. The molecule has 142 heavy (non-hydrogen) atoms. The molecule has 11 saturated heterocycles. The molecule has 9 N–H and O–H groups in total. The number of azide groups is 2. The second kappa shape index (κ2) is 57.4. The topological polar surface area (TPSA) is 627 Å². The van der Waals surface area contributed by atoms with Crippen LogP contribution in [0.4, 0.5) is 40.7 Å². The summed E-state index contributed by atoms with van der Waals surface area (Å²) in [4.78, 5) is 38.7. The van der Waals surface area contributed by atoms with Crippen molar-refractivity contribution in [2.45, 2.75) is 241 Å². The predicted octanol–water partition coefficient (Wildman–Crippen LogP) is 9.71. The number of aliphatic imine (C=N–C) groups is 1. The van der Waals surface area contributed by atoms with Gasteiger partial charge in [-0.15, -0.1) is 0 Å². The summed E-state index contributed by atoms with van der Waals surface area (Å²) >= 11 is 0. The van der Waals surface area contributed by atoms with E-state index in [1.165, 1.54) is 48.9 Å². The Hall–Kier alpha value is -11.1. The molecule has 20 rings (SSSR count). The molecule has 20 heterocycles. The first kappa shape index (κ1) is 111. The number of nitrogen functional groups attached to an aromatic ring is 1. The molecule has 0 spiro atoms. The van der Waals surface area contributed by atoms with E-state index in [-0.39, 0.29) is 98.0 Å². The van der Waals surface area contributed by atoms with Gasteiger partial charge in [-0.3, -0.25) is 8.37 Å². The van der Waals surface area contributed by atoms with Crippen LogP contribution in [0.2, 0.25) is 0 Å². The molecule has 784 valence electrons. The van der Waals surface area contributed by atoms with Crippen LogP contribution in [-0.4, -0.2) is 303 Å². The Morgan fingerprint density at radius 3 is 1.09 bits per heavy atom. The number of nitro groups is 2. The van der Waals surface area contributed by atoms with Gasteiger partial charge in [-0.1, -0.05) is 53.4 Å². The van der Waals surface area contributed by atoms with E-state index in [1.807, 2.05) is 115 Å². The normalized spacial score (nSPS) is 26.3. The van der Waals surface area contributed by atoms with Crippen LogP contribution in [0.3, 0.4) is 0 Å². The third-order valence-electron chi connectivity index (χ3n) is 24.7. The van der Waals surface area contributed by atoms with Crippen molar-refractivity contribution in [1.82, 2.24) is 68.5 Å². The fourth-order valence-corrected chi connectivity index (χ4v) is 18.3. The zero-order valence-electron chi connectivity index (χ0n) is 81.6. The van der Waals surface area contributed by atoms with Crippen molar-refractivity contribution < 1.29 is 83.5 Å². The summed E-state index contributed by atoms with van der Waals surface area (Å²) in [6, 6.07) is 12.4. The second-order valence-electron chi connectivity index (χ2n) is 35.7. The number of rotatable bonds is 21. The lowest BCUT2D eigenvalue weighted by Crippen LogP contribution is -2.39. The van der Waals surface area contributed by atoms with Gasteiger partial charge in [0.1, 0.15) is 49.7 Å². The molecule has 15 unspecified atom stereocenters. The van der Waals surface area contributed by atoms with Gasteiger partial charge in [-0.25, -0.2) is 28.1 Å². The summed E-state index contributed by atoms with van der Waals surface area (Å²) in [5.74, 6) is 4.97. The SMILES string of the molecule is C1=CCN(c2ccn(C3CCCCO3)n2)C1.CC/C=C\COS(C)(=O)=O.CC1CN(c2ccn(C3CCCCO3)n2)CC1OS(C)(=O)=O.CO.NC1CN(c2ccn(C3CCCCO3)n2)CC1N.Nc1ccn(C2CCCCO2)n1.O=[N+]([O-])C1=NCC=C1.O=[N+]([O-])c1ccn(C2CCCCO2)n1.OC1CN(c2ccn(C3CCCCO3)n2)CC1O.[N-]=[N+]=NC1CN(c2ccn(C3CCCCO3)n2)CC1N=[N+]=[N-]. The van der Waals surface area contributed by atoms with E-state index in [0.717, 1.165) is 230 Å². The molecule has 15 atom stereocenters. The first-order valence-corrected chi connectivity index (χ1v) is 52.4.